The van der Waals surface area contributed by atoms with Crippen LogP contribution in [0.1, 0.15) is 6.92 Å². The van der Waals surface area contributed by atoms with Gasteiger partial charge in [0.05, 0.1) is 33.5 Å². The summed E-state index contributed by atoms with van der Waals surface area (Å²) in [5.41, 5.74) is 4.43. The lowest BCUT2D eigenvalue weighted by Crippen LogP contribution is -2.26. The number of aromatic nitrogens is 3. The maximum Gasteiger partial charge on any atom is 0.397 e. The van der Waals surface area contributed by atoms with E-state index in [9.17, 15) is 47.9 Å². The zero-order valence-corrected chi connectivity index (χ0v) is 29.0. The molecule has 1 aromatic heterocycles. The first-order valence-corrected chi connectivity index (χ1v) is 19.6. The molecule has 8 N–H and O–H groups in total. The number of azo groups is 1. The van der Waals surface area contributed by atoms with Crippen LogP contribution < -0.4 is 16.4 Å². The van der Waals surface area contributed by atoms with Crippen molar-refractivity contribution in [2.75, 3.05) is 29.5 Å². The molecule has 0 saturated carbocycles. The Kier molecular flexibility index (Phi) is 11.3. The van der Waals surface area contributed by atoms with Gasteiger partial charge in [-0.3, -0.25) is 13.7 Å². The summed E-state index contributed by atoms with van der Waals surface area (Å²) in [4.78, 5) is 9.73. The van der Waals surface area contributed by atoms with Crippen LogP contribution in [0.25, 0.3) is 10.8 Å². The molecule has 1 heterocycles. The lowest BCUT2D eigenvalue weighted by atomic mass is 10.1. The van der Waals surface area contributed by atoms with Gasteiger partial charge in [0, 0.05) is 18.0 Å². The van der Waals surface area contributed by atoms with Gasteiger partial charge in [-0.1, -0.05) is 0 Å². The van der Waals surface area contributed by atoms with Crippen molar-refractivity contribution >= 4 is 91.8 Å². The molecule has 0 fully saturated rings. The molecule has 0 amide bonds. The van der Waals surface area contributed by atoms with E-state index in [1.165, 1.54) is 0 Å². The standard InChI is InChI=1S/C24H25ClN8O13S4/c1-12(26)11-27-23-29-22(25)30-24(31-23)28-17-10-16(48(37,38)39)8-13-9-18(49(40,41)42)20(21(34)19(13)17)33-32-14-2-4-15(5-3-14)47(35,36)7-6-46-50(43,44)45/h2-5,8-10,12,34H,6-7,11,26H2,1H3,(H,37,38,39)(H,40,41,42)(H,43,44,45)(H2,27,28,29,30,31). The quantitative estimate of drug-likeness (QED) is 0.0711. The Hall–Kier alpha value is -4.18. The molecule has 0 aliphatic heterocycles. The lowest BCUT2D eigenvalue weighted by Gasteiger charge is -2.15. The number of phenolic OH excluding ortho intramolecular Hbond substituents is 1. The number of phenols is 1. The van der Waals surface area contributed by atoms with Crippen molar-refractivity contribution < 1.29 is 56.6 Å². The third-order valence-corrected chi connectivity index (χ3v) is 10.2. The Bertz CT molecular complexity index is 2430. The summed E-state index contributed by atoms with van der Waals surface area (Å²) in [7, 11) is -19.1. The van der Waals surface area contributed by atoms with Gasteiger partial charge >= 0.3 is 10.4 Å². The second kappa shape index (κ2) is 14.6. The Morgan fingerprint density at radius 2 is 1.52 bits per heavy atom. The number of anilines is 3. The van der Waals surface area contributed by atoms with Crippen LogP contribution >= 0.6 is 11.6 Å². The Morgan fingerprint density at radius 3 is 2.10 bits per heavy atom. The van der Waals surface area contributed by atoms with E-state index in [1.54, 1.807) is 6.92 Å². The number of fused-ring (bicyclic) bond motifs is 1. The molecule has 1 unspecified atom stereocenters. The second-order valence-corrected chi connectivity index (χ2v) is 16.4. The van der Waals surface area contributed by atoms with Gasteiger partial charge in [-0.15, -0.1) is 5.11 Å². The molecule has 0 radical (unpaired) electrons. The number of halogens is 1. The van der Waals surface area contributed by atoms with Crippen LogP contribution in [0, 0.1) is 0 Å². The third kappa shape index (κ3) is 9.96. The van der Waals surface area contributed by atoms with Crippen molar-refractivity contribution in [3.8, 4) is 5.75 Å². The van der Waals surface area contributed by atoms with E-state index in [0.717, 1.165) is 42.5 Å². The maximum atomic E-state index is 12.5. The average Bonchev–Trinajstić information content (AvgIpc) is 2.97. The third-order valence-electron chi connectivity index (χ3n) is 6.18. The monoisotopic (exact) mass is 796 g/mol. The first-order valence-electron chi connectivity index (χ1n) is 13.4. The summed E-state index contributed by atoms with van der Waals surface area (Å²) >= 11 is 6.00. The van der Waals surface area contributed by atoms with Gasteiger partial charge in [0.1, 0.15) is 10.6 Å². The predicted molar refractivity (Wildman–Crippen MR) is 176 cm³/mol. The first kappa shape index (κ1) is 38.6. The lowest BCUT2D eigenvalue weighted by molar-refractivity contribution is 0.284. The minimum Gasteiger partial charge on any atom is -0.505 e. The summed E-state index contributed by atoms with van der Waals surface area (Å²) in [6, 6.07) is 6.34. The van der Waals surface area contributed by atoms with Gasteiger partial charge in [0.25, 0.3) is 20.2 Å². The number of nitrogens with zero attached hydrogens (tertiary/aromatic N) is 5. The van der Waals surface area contributed by atoms with Crippen LogP contribution in [-0.2, 0) is 44.7 Å². The smallest absolute Gasteiger partial charge is 0.397 e. The molecule has 270 valence electrons. The van der Waals surface area contributed by atoms with Crippen molar-refractivity contribution in [2.45, 2.75) is 27.7 Å². The molecule has 0 aliphatic rings. The first-order chi connectivity index (χ1) is 23.0. The van der Waals surface area contributed by atoms with Crippen LogP contribution in [0.2, 0.25) is 5.28 Å². The van der Waals surface area contributed by atoms with Gasteiger partial charge in [-0.05, 0) is 66.4 Å². The van der Waals surface area contributed by atoms with Crippen molar-refractivity contribution in [1.82, 2.24) is 15.0 Å². The average molecular weight is 797 g/mol. The van der Waals surface area contributed by atoms with E-state index >= 15 is 0 Å². The topological polar surface area (TPSA) is 340 Å². The van der Waals surface area contributed by atoms with Crippen LogP contribution in [-0.4, -0.2) is 92.3 Å². The fourth-order valence-electron chi connectivity index (χ4n) is 4.05. The van der Waals surface area contributed by atoms with Gasteiger partial charge in [0.2, 0.25) is 17.2 Å². The number of nitrogens with one attached hydrogen (secondary N) is 2. The number of hydrogen-bond donors (Lipinski definition) is 7. The van der Waals surface area contributed by atoms with E-state index in [0.29, 0.717) is 0 Å². The highest BCUT2D eigenvalue weighted by molar-refractivity contribution is 7.91. The summed E-state index contributed by atoms with van der Waals surface area (Å²) in [5, 5.41) is 23.3. The molecule has 0 saturated heterocycles. The van der Waals surface area contributed by atoms with Crippen LogP contribution in [0.3, 0.4) is 0 Å². The van der Waals surface area contributed by atoms with Gasteiger partial charge in [0.15, 0.2) is 15.6 Å². The van der Waals surface area contributed by atoms with Gasteiger partial charge in [-0.2, -0.15) is 45.3 Å². The minimum atomic E-state index is -5.21. The van der Waals surface area contributed by atoms with E-state index < -0.39 is 74.1 Å². The fraction of sp³-hybridized carbons (Fsp3) is 0.208. The fourth-order valence-corrected chi connectivity index (χ4v) is 6.90. The van der Waals surface area contributed by atoms with Crippen molar-refractivity contribution in [3.05, 3.63) is 47.7 Å². The van der Waals surface area contributed by atoms with Crippen LogP contribution in [0.4, 0.5) is 29.0 Å². The summed E-state index contributed by atoms with van der Waals surface area (Å²) < 4.78 is 128. The van der Waals surface area contributed by atoms with Crippen molar-refractivity contribution in [2.24, 2.45) is 16.0 Å². The molecule has 3 aromatic carbocycles. The van der Waals surface area contributed by atoms with Gasteiger partial charge in [-0.25, -0.2) is 12.6 Å². The number of benzene rings is 3. The maximum absolute atomic E-state index is 12.5. The molecular formula is C24H25ClN8O13S4. The molecule has 50 heavy (non-hydrogen) atoms. The molecule has 0 bridgehead atoms. The Morgan fingerprint density at radius 1 is 0.880 bits per heavy atom. The summed E-state index contributed by atoms with van der Waals surface area (Å²) in [6.45, 7) is 1.02. The number of nitrogens with two attached hydrogens (primary N) is 1. The van der Waals surface area contributed by atoms with Gasteiger partial charge < -0.3 is 21.5 Å². The van der Waals surface area contributed by atoms with E-state index in [4.69, 9.17) is 21.9 Å². The van der Waals surface area contributed by atoms with Crippen LogP contribution in [0.5, 0.6) is 5.75 Å². The molecule has 0 aliphatic carbocycles. The zero-order chi connectivity index (χ0) is 37.2. The predicted octanol–water partition coefficient (Wildman–Crippen LogP) is 2.39. The molecule has 1 atom stereocenters. The summed E-state index contributed by atoms with van der Waals surface area (Å²) in [5.74, 6) is -2.17. The number of rotatable bonds is 14. The van der Waals surface area contributed by atoms with E-state index in [-0.39, 0.29) is 56.8 Å². The largest absolute Gasteiger partial charge is 0.505 e. The van der Waals surface area contributed by atoms with E-state index in [2.05, 4.69) is 40.0 Å². The normalized spacial score (nSPS) is 13.5. The molecular weight excluding hydrogens is 772 g/mol. The molecule has 26 heteroatoms. The highest BCUT2D eigenvalue weighted by Gasteiger charge is 2.26. The number of sulfone groups is 1. The second-order valence-electron chi connectivity index (χ2n) is 10.1. The Balaban J connectivity index is 1.82. The molecule has 21 nitrogen and oxygen atoms in total. The number of hydrogen-bond acceptors (Lipinski definition) is 18. The highest BCUT2D eigenvalue weighted by Crippen LogP contribution is 2.45. The summed E-state index contributed by atoms with van der Waals surface area (Å²) in [6.07, 6.45) is 0. The zero-order valence-electron chi connectivity index (χ0n) is 25.0. The highest BCUT2D eigenvalue weighted by atomic mass is 35.5. The SMILES string of the molecule is CC(N)CNc1nc(Cl)nc(Nc2cc(S(=O)(=O)O)cc3cc(S(=O)(=O)O)c(N=Nc4ccc(S(=O)(=O)CCOS(=O)(=O)O)cc4)c(O)c23)n1. The molecule has 4 rings (SSSR count). The van der Waals surface area contributed by atoms with E-state index in [1.807, 2.05) is 0 Å². The molecule has 4 aromatic rings. The Labute approximate surface area is 289 Å². The van der Waals surface area contributed by atoms with Crippen molar-refractivity contribution in [3.63, 3.8) is 0 Å². The van der Waals surface area contributed by atoms with Crippen molar-refractivity contribution in [1.29, 1.82) is 0 Å². The minimum absolute atomic E-state index is 0.0577. The van der Waals surface area contributed by atoms with Crippen LogP contribution in [0.15, 0.2) is 67.4 Å². The number of aromatic hydroxyl groups is 1. The molecule has 0 spiro atoms.